The van der Waals surface area contributed by atoms with Gasteiger partial charge >= 0.3 is 7.69 Å². The van der Waals surface area contributed by atoms with E-state index in [1.807, 2.05) is 72.8 Å². The van der Waals surface area contributed by atoms with Crippen molar-refractivity contribution in [2.75, 3.05) is 0 Å². The standard InChI is InChI=1S/C37H25BN3O2/c42-38-43-32-16-7-14-30(24-32)29-13-6-15-31(23-29)36-39-35(28-21-19-26(20-22-28)25-9-2-1-3-10-25)40-37(41-36)34-18-8-12-27-11-4-5-17-33(27)34/h1-24,42H. The third-order valence-corrected chi connectivity index (χ3v) is 7.39. The van der Waals surface area contributed by atoms with Crippen LogP contribution in [0.4, 0.5) is 0 Å². The topological polar surface area (TPSA) is 68.1 Å². The highest BCUT2D eigenvalue weighted by molar-refractivity contribution is 6.17. The molecular formula is C37H25BN3O2. The summed E-state index contributed by atoms with van der Waals surface area (Å²) in [5, 5.41) is 11.3. The Balaban J connectivity index is 1.36. The molecular weight excluding hydrogens is 529 g/mol. The first kappa shape index (κ1) is 26.3. The van der Waals surface area contributed by atoms with Crippen molar-refractivity contribution < 1.29 is 9.68 Å². The molecule has 0 saturated carbocycles. The van der Waals surface area contributed by atoms with Crippen LogP contribution in [-0.4, -0.2) is 27.7 Å². The van der Waals surface area contributed by atoms with Crippen molar-refractivity contribution in [3.63, 3.8) is 0 Å². The first-order chi connectivity index (χ1) is 21.2. The Morgan fingerprint density at radius 2 is 1.00 bits per heavy atom. The van der Waals surface area contributed by atoms with Crippen LogP contribution in [0.25, 0.3) is 67.2 Å². The van der Waals surface area contributed by atoms with Gasteiger partial charge in [-0.05, 0) is 51.2 Å². The molecule has 0 saturated heterocycles. The number of benzene rings is 6. The summed E-state index contributed by atoms with van der Waals surface area (Å²) in [5.41, 5.74) is 6.93. The molecule has 1 radical (unpaired) electrons. The Bertz CT molecular complexity index is 2040. The van der Waals surface area contributed by atoms with Crippen LogP contribution < -0.4 is 4.65 Å². The fourth-order valence-electron chi connectivity index (χ4n) is 5.27. The van der Waals surface area contributed by atoms with E-state index in [-0.39, 0.29) is 0 Å². The SMILES string of the molecule is O[B]Oc1cccc(-c2cccc(-c3nc(-c4ccc(-c5ccccc5)cc4)nc(-c4cccc5ccccc45)n3)c2)c1. The predicted octanol–water partition coefficient (Wildman–Crippen LogP) is 8.27. The lowest BCUT2D eigenvalue weighted by atomic mass is 10.0. The van der Waals surface area contributed by atoms with Gasteiger partial charge in [0.15, 0.2) is 17.5 Å². The van der Waals surface area contributed by atoms with Crippen LogP contribution in [0.2, 0.25) is 0 Å². The fraction of sp³-hybridized carbons (Fsp3) is 0. The van der Waals surface area contributed by atoms with E-state index in [2.05, 4.69) is 66.7 Å². The first-order valence-electron chi connectivity index (χ1n) is 14.0. The number of hydrogen-bond donors (Lipinski definition) is 1. The van der Waals surface area contributed by atoms with Crippen molar-refractivity contribution in [3.05, 3.63) is 146 Å². The molecule has 0 aliphatic rings. The maximum absolute atomic E-state index is 9.08. The summed E-state index contributed by atoms with van der Waals surface area (Å²) in [6.45, 7) is 0. The maximum Gasteiger partial charge on any atom is 0.569 e. The van der Waals surface area contributed by atoms with E-state index in [4.69, 9.17) is 24.6 Å². The van der Waals surface area contributed by atoms with Crippen LogP contribution in [0.5, 0.6) is 5.75 Å². The van der Waals surface area contributed by atoms with Crippen LogP contribution in [0, 0.1) is 0 Å². The predicted molar refractivity (Wildman–Crippen MR) is 173 cm³/mol. The molecule has 0 atom stereocenters. The lowest BCUT2D eigenvalue weighted by Gasteiger charge is -2.12. The van der Waals surface area contributed by atoms with Gasteiger partial charge in [0, 0.05) is 16.7 Å². The minimum absolute atomic E-state index is 0.546. The van der Waals surface area contributed by atoms with Gasteiger partial charge in [0.05, 0.1) is 0 Å². The van der Waals surface area contributed by atoms with Crippen molar-refractivity contribution >= 4 is 18.5 Å². The summed E-state index contributed by atoms with van der Waals surface area (Å²) >= 11 is 0. The van der Waals surface area contributed by atoms with E-state index in [0.29, 0.717) is 30.9 Å². The Morgan fingerprint density at radius 3 is 1.81 bits per heavy atom. The number of nitrogens with zero attached hydrogens (tertiary/aromatic N) is 3. The summed E-state index contributed by atoms with van der Waals surface area (Å²) in [6.07, 6.45) is 0. The van der Waals surface area contributed by atoms with Crippen molar-refractivity contribution in [1.29, 1.82) is 0 Å². The van der Waals surface area contributed by atoms with Crippen LogP contribution in [0.1, 0.15) is 0 Å². The average molecular weight is 554 g/mol. The van der Waals surface area contributed by atoms with Crippen LogP contribution in [0.3, 0.4) is 0 Å². The first-order valence-corrected chi connectivity index (χ1v) is 14.0. The minimum atomic E-state index is 0.546. The zero-order chi connectivity index (χ0) is 29.0. The number of fused-ring (bicyclic) bond motifs is 1. The van der Waals surface area contributed by atoms with Crippen molar-refractivity contribution in [3.8, 4) is 62.2 Å². The van der Waals surface area contributed by atoms with Gasteiger partial charge in [-0.15, -0.1) is 0 Å². The van der Waals surface area contributed by atoms with Gasteiger partial charge in [0.1, 0.15) is 5.75 Å². The highest BCUT2D eigenvalue weighted by Crippen LogP contribution is 2.32. The van der Waals surface area contributed by atoms with Crippen LogP contribution >= 0.6 is 0 Å². The molecule has 0 aliphatic carbocycles. The zero-order valence-electron chi connectivity index (χ0n) is 23.1. The molecule has 1 heterocycles. The summed E-state index contributed by atoms with van der Waals surface area (Å²) < 4.78 is 5.18. The lowest BCUT2D eigenvalue weighted by molar-refractivity contribution is 0.454. The molecule has 0 amide bonds. The molecule has 1 N–H and O–H groups in total. The van der Waals surface area contributed by atoms with Crippen molar-refractivity contribution in [1.82, 2.24) is 15.0 Å². The minimum Gasteiger partial charge on any atom is -0.537 e. The molecule has 0 bridgehead atoms. The van der Waals surface area contributed by atoms with Crippen molar-refractivity contribution in [2.45, 2.75) is 0 Å². The van der Waals surface area contributed by atoms with Gasteiger partial charge in [-0.2, -0.15) is 0 Å². The van der Waals surface area contributed by atoms with Gasteiger partial charge in [0.25, 0.3) is 0 Å². The van der Waals surface area contributed by atoms with E-state index < -0.39 is 0 Å². The van der Waals surface area contributed by atoms with E-state index in [0.717, 1.165) is 49.7 Å². The highest BCUT2D eigenvalue weighted by atomic mass is 16.5. The highest BCUT2D eigenvalue weighted by Gasteiger charge is 2.15. The largest absolute Gasteiger partial charge is 0.569 e. The Morgan fingerprint density at radius 1 is 0.442 bits per heavy atom. The molecule has 0 spiro atoms. The molecule has 203 valence electrons. The molecule has 7 rings (SSSR count). The van der Waals surface area contributed by atoms with E-state index >= 15 is 0 Å². The Kier molecular flexibility index (Phi) is 7.18. The molecule has 5 nitrogen and oxygen atoms in total. The summed E-state index contributed by atoms with van der Waals surface area (Å²) in [4.78, 5) is 15.0. The third kappa shape index (κ3) is 5.52. The second-order valence-corrected chi connectivity index (χ2v) is 10.1. The fourth-order valence-corrected chi connectivity index (χ4v) is 5.27. The number of rotatable bonds is 7. The van der Waals surface area contributed by atoms with Gasteiger partial charge in [-0.3, -0.25) is 0 Å². The normalized spacial score (nSPS) is 10.9. The quantitative estimate of drug-likeness (QED) is 0.201. The summed E-state index contributed by atoms with van der Waals surface area (Å²) in [5.74, 6) is 2.35. The number of hydrogen-bond acceptors (Lipinski definition) is 5. The molecule has 0 aliphatic heterocycles. The van der Waals surface area contributed by atoms with E-state index in [9.17, 15) is 0 Å². The monoisotopic (exact) mass is 554 g/mol. The van der Waals surface area contributed by atoms with Gasteiger partial charge in [-0.1, -0.05) is 127 Å². The lowest BCUT2D eigenvalue weighted by Crippen LogP contribution is -2.01. The van der Waals surface area contributed by atoms with Gasteiger partial charge < -0.3 is 9.68 Å². The second-order valence-electron chi connectivity index (χ2n) is 10.1. The molecule has 7 aromatic rings. The van der Waals surface area contributed by atoms with E-state index in [1.54, 1.807) is 6.07 Å². The van der Waals surface area contributed by atoms with E-state index in [1.165, 1.54) is 0 Å². The molecule has 6 heteroatoms. The second kappa shape index (κ2) is 11.7. The maximum atomic E-state index is 9.08. The van der Waals surface area contributed by atoms with Gasteiger partial charge in [0.2, 0.25) is 0 Å². The third-order valence-electron chi connectivity index (χ3n) is 7.39. The summed E-state index contributed by atoms with van der Waals surface area (Å²) in [7, 11) is 0.684. The zero-order valence-corrected chi connectivity index (χ0v) is 23.1. The molecule has 1 aromatic heterocycles. The Labute approximate surface area is 250 Å². The summed E-state index contributed by atoms with van der Waals surface area (Å²) in [6, 6.07) is 48.7. The molecule has 0 unspecified atom stereocenters. The molecule has 6 aromatic carbocycles. The molecule has 0 fully saturated rings. The van der Waals surface area contributed by atoms with Crippen LogP contribution in [0.15, 0.2) is 146 Å². The smallest absolute Gasteiger partial charge is 0.537 e. The number of aromatic nitrogens is 3. The van der Waals surface area contributed by atoms with Crippen molar-refractivity contribution in [2.24, 2.45) is 0 Å². The van der Waals surface area contributed by atoms with Crippen LogP contribution in [-0.2, 0) is 0 Å². The average Bonchev–Trinajstić information content (AvgIpc) is 3.08. The van der Waals surface area contributed by atoms with Gasteiger partial charge in [-0.25, -0.2) is 15.0 Å². The Hall–Kier alpha value is -5.59. The molecule has 43 heavy (non-hydrogen) atoms.